The van der Waals surface area contributed by atoms with Gasteiger partial charge in [-0.2, -0.15) is 0 Å². The maximum Gasteiger partial charge on any atom is 0.0824 e. The molecule has 0 saturated carbocycles. The van der Waals surface area contributed by atoms with Gasteiger partial charge in [0.15, 0.2) is 0 Å². The van der Waals surface area contributed by atoms with Crippen LogP contribution >= 0.6 is 0 Å². The summed E-state index contributed by atoms with van der Waals surface area (Å²) in [5.41, 5.74) is -0.671. The Labute approximate surface area is 90.9 Å². The van der Waals surface area contributed by atoms with E-state index in [-0.39, 0.29) is 35.6 Å². The minimum Gasteiger partial charge on any atom is -0.388 e. The molecular formula is C7H16LaO2. The van der Waals surface area contributed by atoms with Crippen molar-refractivity contribution < 1.29 is 45.4 Å². The van der Waals surface area contributed by atoms with Crippen LogP contribution < -0.4 is 0 Å². The molecule has 0 aromatic carbocycles. The molecule has 0 aliphatic heterocycles. The summed E-state index contributed by atoms with van der Waals surface area (Å²) in [4.78, 5) is 0. The van der Waals surface area contributed by atoms with Gasteiger partial charge in [-0.1, -0.05) is 6.92 Å². The van der Waals surface area contributed by atoms with Gasteiger partial charge >= 0.3 is 0 Å². The van der Waals surface area contributed by atoms with E-state index in [1.54, 1.807) is 13.8 Å². The fourth-order valence-electron chi connectivity index (χ4n) is 0.466. The van der Waals surface area contributed by atoms with Crippen molar-refractivity contribution in [1.29, 1.82) is 0 Å². The number of ether oxygens (including phenoxy) is 1. The Morgan fingerprint density at radius 2 is 1.90 bits per heavy atom. The summed E-state index contributed by atoms with van der Waals surface area (Å²) in [5, 5.41) is 9.12. The molecule has 59 valence electrons. The van der Waals surface area contributed by atoms with Crippen LogP contribution in [0.15, 0.2) is 0 Å². The van der Waals surface area contributed by atoms with Gasteiger partial charge in [-0.25, -0.2) is 0 Å². The second kappa shape index (κ2) is 6.80. The normalized spacial score (nSPS) is 10.8. The minimum absolute atomic E-state index is 0. The first-order chi connectivity index (χ1) is 4.06. The SMILES string of the molecule is CCCOCC(C)(C)O.[La]. The summed E-state index contributed by atoms with van der Waals surface area (Å²) >= 11 is 0. The fraction of sp³-hybridized carbons (Fsp3) is 1.00. The molecule has 0 amide bonds. The Hall–Kier alpha value is 1.11. The molecule has 0 aromatic heterocycles. The van der Waals surface area contributed by atoms with Crippen molar-refractivity contribution in [2.24, 2.45) is 0 Å². The third-order valence-corrected chi connectivity index (χ3v) is 0.804. The van der Waals surface area contributed by atoms with Gasteiger partial charge in [-0.3, -0.25) is 0 Å². The van der Waals surface area contributed by atoms with E-state index in [0.717, 1.165) is 13.0 Å². The Morgan fingerprint density at radius 3 is 2.20 bits per heavy atom. The van der Waals surface area contributed by atoms with E-state index in [2.05, 4.69) is 0 Å². The predicted molar refractivity (Wildman–Crippen MR) is 37.4 cm³/mol. The molecule has 0 atom stereocenters. The van der Waals surface area contributed by atoms with E-state index in [1.807, 2.05) is 6.92 Å². The molecule has 10 heavy (non-hydrogen) atoms. The second-order valence-electron chi connectivity index (χ2n) is 2.87. The summed E-state index contributed by atoms with van der Waals surface area (Å²) < 4.78 is 5.10. The van der Waals surface area contributed by atoms with Crippen LogP contribution in [0.3, 0.4) is 0 Å². The standard InChI is InChI=1S/C7H16O2.La/c1-4-5-9-6-7(2,3)8;/h8H,4-6H2,1-3H3;. The van der Waals surface area contributed by atoms with Crippen molar-refractivity contribution in [3.8, 4) is 0 Å². The number of hydrogen-bond acceptors (Lipinski definition) is 2. The molecule has 3 heteroatoms. The van der Waals surface area contributed by atoms with Gasteiger partial charge in [0.05, 0.1) is 12.2 Å². The quantitative estimate of drug-likeness (QED) is 0.778. The Morgan fingerprint density at radius 1 is 1.40 bits per heavy atom. The molecule has 2 nitrogen and oxygen atoms in total. The van der Waals surface area contributed by atoms with Gasteiger partial charge in [0.1, 0.15) is 0 Å². The van der Waals surface area contributed by atoms with Gasteiger partial charge in [0.2, 0.25) is 0 Å². The third kappa shape index (κ3) is 11.9. The Balaban J connectivity index is 0. The minimum atomic E-state index is -0.671. The molecule has 0 aromatic rings. The average molecular weight is 271 g/mol. The molecule has 0 unspecified atom stereocenters. The maximum atomic E-state index is 9.12. The Bertz CT molecular complexity index is 68.5. The van der Waals surface area contributed by atoms with Crippen LogP contribution in [-0.4, -0.2) is 23.9 Å². The van der Waals surface area contributed by atoms with Crippen molar-refractivity contribution >= 4 is 0 Å². The molecule has 0 spiro atoms. The summed E-state index contributed by atoms with van der Waals surface area (Å²) in [5.74, 6) is 0. The van der Waals surface area contributed by atoms with E-state index in [0.29, 0.717) is 6.61 Å². The smallest absolute Gasteiger partial charge is 0.0824 e. The largest absolute Gasteiger partial charge is 0.388 e. The monoisotopic (exact) mass is 271 g/mol. The van der Waals surface area contributed by atoms with Gasteiger partial charge < -0.3 is 9.84 Å². The van der Waals surface area contributed by atoms with Crippen molar-refractivity contribution in [3.63, 3.8) is 0 Å². The van der Waals surface area contributed by atoms with Crippen LogP contribution in [-0.2, 0) is 4.74 Å². The van der Waals surface area contributed by atoms with Crippen molar-refractivity contribution in [1.82, 2.24) is 0 Å². The molecule has 0 bridgehead atoms. The summed E-state index contributed by atoms with van der Waals surface area (Å²) in [6, 6.07) is 0. The molecule has 1 radical (unpaired) electrons. The van der Waals surface area contributed by atoms with Crippen LogP contribution in [0.1, 0.15) is 27.2 Å². The Kier molecular flexibility index (Phi) is 9.31. The summed E-state index contributed by atoms with van der Waals surface area (Å²) in [7, 11) is 0. The number of hydrogen-bond donors (Lipinski definition) is 1. The van der Waals surface area contributed by atoms with Crippen LogP contribution in [0.2, 0.25) is 0 Å². The summed E-state index contributed by atoms with van der Waals surface area (Å²) in [6.45, 7) is 6.69. The van der Waals surface area contributed by atoms with Crippen LogP contribution in [0.5, 0.6) is 0 Å². The van der Waals surface area contributed by atoms with Gasteiger partial charge in [0, 0.05) is 42.2 Å². The van der Waals surface area contributed by atoms with Crippen LogP contribution in [0, 0.1) is 35.6 Å². The molecule has 1 N–H and O–H groups in total. The topological polar surface area (TPSA) is 29.5 Å². The average Bonchev–Trinajstić information content (AvgIpc) is 1.63. The van der Waals surface area contributed by atoms with Gasteiger partial charge in [0.25, 0.3) is 0 Å². The zero-order valence-electron chi connectivity index (χ0n) is 7.05. The zero-order valence-corrected chi connectivity index (χ0v) is 10.7. The molecule has 0 aliphatic rings. The molecule has 0 fully saturated rings. The second-order valence-corrected chi connectivity index (χ2v) is 2.87. The molecule has 0 aliphatic carbocycles. The summed E-state index contributed by atoms with van der Waals surface area (Å²) in [6.07, 6.45) is 1.01. The fourth-order valence-corrected chi connectivity index (χ4v) is 0.466. The van der Waals surface area contributed by atoms with Crippen molar-refractivity contribution in [3.05, 3.63) is 0 Å². The predicted octanol–water partition coefficient (Wildman–Crippen LogP) is 1.18. The van der Waals surface area contributed by atoms with E-state index in [4.69, 9.17) is 9.84 Å². The molecule has 0 heterocycles. The van der Waals surface area contributed by atoms with E-state index in [1.165, 1.54) is 0 Å². The van der Waals surface area contributed by atoms with Gasteiger partial charge in [-0.15, -0.1) is 0 Å². The first-order valence-corrected chi connectivity index (χ1v) is 3.36. The molecule has 0 saturated heterocycles. The van der Waals surface area contributed by atoms with Crippen molar-refractivity contribution in [2.75, 3.05) is 13.2 Å². The zero-order chi connectivity index (χ0) is 7.33. The van der Waals surface area contributed by atoms with Crippen LogP contribution in [0.25, 0.3) is 0 Å². The maximum absolute atomic E-state index is 9.12. The number of aliphatic hydroxyl groups is 1. The number of rotatable bonds is 4. The first-order valence-electron chi connectivity index (χ1n) is 3.36. The third-order valence-electron chi connectivity index (χ3n) is 0.804. The first kappa shape index (κ1) is 13.7. The van der Waals surface area contributed by atoms with Gasteiger partial charge in [-0.05, 0) is 20.3 Å². The van der Waals surface area contributed by atoms with Crippen molar-refractivity contribution in [2.45, 2.75) is 32.8 Å². The molecule has 0 rings (SSSR count). The molecular weight excluding hydrogens is 255 g/mol. The van der Waals surface area contributed by atoms with E-state index < -0.39 is 5.60 Å². The van der Waals surface area contributed by atoms with E-state index >= 15 is 0 Å². The van der Waals surface area contributed by atoms with E-state index in [9.17, 15) is 0 Å². The van der Waals surface area contributed by atoms with Crippen LogP contribution in [0.4, 0.5) is 0 Å².